The van der Waals surface area contributed by atoms with Gasteiger partial charge in [0.05, 0.1) is 0 Å². The molecule has 0 atom stereocenters. The van der Waals surface area contributed by atoms with Gasteiger partial charge < -0.3 is 5.73 Å². The molecule has 0 bridgehead atoms. The zero-order valence-corrected chi connectivity index (χ0v) is 12.0. The number of fused-ring (bicyclic) bond motifs is 1. The van der Waals surface area contributed by atoms with Crippen molar-refractivity contribution in [1.82, 2.24) is 0 Å². The molecule has 0 aliphatic heterocycles. The Morgan fingerprint density at radius 1 is 0.941 bits per heavy atom. The maximum absolute atomic E-state index is 5.61. The van der Waals surface area contributed by atoms with Crippen molar-refractivity contribution in [2.24, 2.45) is 11.7 Å². The van der Waals surface area contributed by atoms with Crippen LogP contribution in [0, 0.1) is 5.92 Å². The zero-order valence-electron chi connectivity index (χ0n) is 12.0. The number of hydrogen-bond acceptors (Lipinski definition) is 1. The molecule has 0 unspecified atom stereocenters. The van der Waals surface area contributed by atoms with Crippen molar-refractivity contribution in [2.75, 3.05) is 6.54 Å². The van der Waals surface area contributed by atoms with E-state index in [0.717, 1.165) is 6.54 Å². The average Bonchev–Trinajstić information content (AvgIpc) is 2.74. The van der Waals surface area contributed by atoms with Gasteiger partial charge in [0, 0.05) is 0 Å². The fourth-order valence-corrected chi connectivity index (χ4v) is 1.82. The molecular formula is C16H29N. The average molecular weight is 235 g/mol. The van der Waals surface area contributed by atoms with Crippen molar-refractivity contribution in [1.29, 1.82) is 0 Å². The van der Waals surface area contributed by atoms with Crippen molar-refractivity contribution >= 4 is 0 Å². The lowest BCUT2D eigenvalue weighted by atomic mass is 10.1. The van der Waals surface area contributed by atoms with Gasteiger partial charge in [-0.15, -0.1) is 0 Å². The molecule has 0 radical (unpaired) electrons. The second kappa shape index (κ2) is 10.3. The van der Waals surface area contributed by atoms with E-state index >= 15 is 0 Å². The Morgan fingerprint density at radius 2 is 1.29 bits per heavy atom. The molecule has 1 aromatic carbocycles. The van der Waals surface area contributed by atoms with E-state index in [1.807, 2.05) is 0 Å². The number of rotatable bonds is 1. The van der Waals surface area contributed by atoms with Gasteiger partial charge in [0.2, 0.25) is 0 Å². The van der Waals surface area contributed by atoms with E-state index in [9.17, 15) is 0 Å². The Kier molecular flexibility index (Phi) is 9.84. The second-order valence-corrected chi connectivity index (χ2v) is 4.69. The van der Waals surface area contributed by atoms with Gasteiger partial charge in [-0.3, -0.25) is 0 Å². The van der Waals surface area contributed by atoms with Crippen LogP contribution in [-0.2, 0) is 12.8 Å². The van der Waals surface area contributed by atoms with Crippen LogP contribution in [-0.4, -0.2) is 6.54 Å². The molecule has 1 heteroatoms. The van der Waals surface area contributed by atoms with Gasteiger partial charge >= 0.3 is 0 Å². The van der Waals surface area contributed by atoms with Gasteiger partial charge in [-0.1, -0.05) is 64.8 Å². The monoisotopic (exact) mass is 235 g/mol. The van der Waals surface area contributed by atoms with E-state index in [1.54, 1.807) is 0 Å². The molecule has 1 aliphatic carbocycles. The van der Waals surface area contributed by atoms with E-state index < -0.39 is 0 Å². The normalized spacial score (nSPS) is 13.0. The summed E-state index contributed by atoms with van der Waals surface area (Å²) >= 11 is 0. The maximum atomic E-state index is 5.61. The first-order valence-corrected chi connectivity index (χ1v) is 7.00. The molecule has 0 saturated heterocycles. The van der Waals surface area contributed by atoms with Gasteiger partial charge in [-0.05, 0) is 36.4 Å². The quantitative estimate of drug-likeness (QED) is 0.776. The van der Waals surface area contributed by atoms with Crippen molar-refractivity contribution in [3.05, 3.63) is 35.4 Å². The molecule has 98 valence electrons. The van der Waals surface area contributed by atoms with E-state index in [0.29, 0.717) is 5.92 Å². The van der Waals surface area contributed by atoms with Crippen molar-refractivity contribution in [3.63, 3.8) is 0 Å². The van der Waals surface area contributed by atoms with Crippen LogP contribution >= 0.6 is 0 Å². The minimum Gasteiger partial charge on any atom is -0.330 e. The van der Waals surface area contributed by atoms with Crippen LogP contribution in [0.25, 0.3) is 0 Å². The Labute approximate surface area is 107 Å². The predicted molar refractivity (Wildman–Crippen MR) is 78.3 cm³/mol. The molecule has 0 saturated carbocycles. The van der Waals surface area contributed by atoms with Crippen LogP contribution < -0.4 is 5.73 Å². The van der Waals surface area contributed by atoms with Crippen molar-refractivity contribution in [3.8, 4) is 0 Å². The van der Waals surface area contributed by atoms with Crippen LogP contribution in [0.2, 0.25) is 0 Å². The molecule has 1 aromatic rings. The highest BCUT2D eigenvalue weighted by atomic mass is 14.6. The van der Waals surface area contributed by atoms with Crippen molar-refractivity contribution in [2.45, 2.75) is 53.4 Å². The molecule has 2 N–H and O–H groups in total. The molecule has 1 nitrogen and oxygen atoms in total. The number of hydrogen-bond donors (Lipinski definition) is 1. The molecule has 0 spiro atoms. The second-order valence-electron chi connectivity index (χ2n) is 4.69. The molecule has 2 rings (SSSR count). The maximum Gasteiger partial charge on any atom is -0.00425 e. The van der Waals surface area contributed by atoms with Crippen LogP contribution in [0.1, 0.15) is 51.7 Å². The fourth-order valence-electron chi connectivity index (χ4n) is 1.82. The summed E-state index contributed by atoms with van der Waals surface area (Å²) in [6, 6.07) is 8.64. The van der Waals surface area contributed by atoms with Crippen LogP contribution in [0.5, 0.6) is 0 Å². The minimum atomic E-state index is 0.701. The lowest BCUT2D eigenvalue weighted by Gasteiger charge is -2.01. The zero-order chi connectivity index (χ0) is 13.1. The molecule has 0 fully saturated rings. The van der Waals surface area contributed by atoms with Crippen LogP contribution in [0.4, 0.5) is 0 Å². The number of nitrogens with two attached hydrogens (primary N) is 1. The Bertz CT molecular complexity index is 254. The predicted octanol–water partition coefficient (Wildman–Crippen LogP) is 4.19. The van der Waals surface area contributed by atoms with Gasteiger partial charge in [-0.2, -0.15) is 0 Å². The molecule has 1 aliphatic rings. The molecule has 0 aromatic heterocycles. The summed E-state index contributed by atoms with van der Waals surface area (Å²) in [6.45, 7) is 9.33. The number of benzene rings is 1. The summed E-state index contributed by atoms with van der Waals surface area (Å²) in [5.41, 5.74) is 8.62. The largest absolute Gasteiger partial charge is 0.330 e. The summed E-state index contributed by atoms with van der Waals surface area (Å²) in [6.07, 6.45) is 4.87. The highest BCUT2D eigenvalue weighted by Crippen LogP contribution is 2.25. The van der Waals surface area contributed by atoms with E-state index in [-0.39, 0.29) is 0 Å². The van der Waals surface area contributed by atoms with Gasteiger partial charge in [0.15, 0.2) is 0 Å². The van der Waals surface area contributed by atoms with E-state index in [4.69, 9.17) is 5.73 Å². The molecule has 17 heavy (non-hydrogen) atoms. The first-order valence-electron chi connectivity index (χ1n) is 7.00. The summed E-state index contributed by atoms with van der Waals surface area (Å²) < 4.78 is 0. The summed E-state index contributed by atoms with van der Waals surface area (Å²) in [7, 11) is 0. The van der Waals surface area contributed by atoms with E-state index in [2.05, 4.69) is 52.0 Å². The third-order valence-corrected chi connectivity index (χ3v) is 2.47. The van der Waals surface area contributed by atoms with Crippen molar-refractivity contribution < 1.29 is 0 Å². The SMILES string of the molecule is CCC.CCC.NCC1Cc2ccccc2C1. The molecule has 0 amide bonds. The van der Waals surface area contributed by atoms with Crippen LogP contribution in [0.15, 0.2) is 24.3 Å². The lowest BCUT2D eigenvalue weighted by Crippen LogP contribution is -2.13. The highest BCUT2D eigenvalue weighted by Gasteiger charge is 2.18. The van der Waals surface area contributed by atoms with E-state index in [1.165, 1.54) is 36.8 Å². The third kappa shape index (κ3) is 6.48. The molecular weight excluding hydrogens is 206 g/mol. The Hall–Kier alpha value is -0.820. The highest BCUT2D eigenvalue weighted by molar-refractivity contribution is 5.32. The van der Waals surface area contributed by atoms with Gasteiger partial charge in [0.25, 0.3) is 0 Å². The van der Waals surface area contributed by atoms with Gasteiger partial charge in [0.1, 0.15) is 0 Å². The molecule has 0 heterocycles. The lowest BCUT2D eigenvalue weighted by molar-refractivity contribution is 0.575. The summed E-state index contributed by atoms with van der Waals surface area (Å²) in [4.78, 5) is 0. The summed E-state index contributed by atoms with van der Waals surface area (Å²) in [5.74, 6) is 0.701. The standard InChI is InChI=1S/C10H13N.2C3H8/c11-7-8-5-9-3-1-2-4-10(9)6-8;2*1-3-2/h1-4,8H,5-7,11H2;2*3H2,1-2H3. The minimum absolute atomic E-state index is 0.701. The smallest absolute Gasteiger partial charge is 0.00425 e. The topological polar surface area (TPSA) is 26.0 Å². The van der Waals surface area contributed by atoms with Gasteiger partial charge in [-0.25, -0.2) is 0 Å². The Morgan fingerprint density at radius 3 is 1.59 bits per heavy atom. The first-order chi connectivity index (χ1) is 8.23. The third-order valence-electron chi connectivity index (χ3n) is 2.47. The first kappa shape index (κ1) is 16.2. The summed E-state index contributed by atoms with van der Waals surface area (Å²) in [5, 5.41) is 0. The fraction of sp³-hybridized carbons (Fsp3) is 0.625. The van der Waals surface area contributed by atoms with Crippen LogP contribution in [0.3, 0.4) is 0 Å². The Balaban J connectivity index is 0.000000366.